The van der Waals surface area contributed by atoms with Gasteiger partial charge < -0.3 is 14.6 Å². The third-order valence-corrected chi connectivity index (χ3v) is 5.92. The van der Waals surface area contributed by atoms with E-state index in [-0.39, 0.29) is 11.3 Å². The van der Waals surface area contributed by atoms with Crippen molar-refractivity contribution in [3.63, 3.8) is 0 Å². The van der Waals surface area contributed by atoms with Crippen LogP contribution in [0.4, 0.5) is 5.69 Å². The second-order valence-electron chi connectivity index (χ2n) is 7.63. The van der Waals surface area contributed by atoms with E-state index in [4.69, 9.17) is 21.1 Å². The van der Waals surface area contributed by atoms with Crippen LogP contribution in [0.1, 0.15) is 22.7 Å². The Bertz CT molecular complexity index is 1250. The average Bonchev–Trinajstić information content (AvgIpc) is 3.10. The summed E-state index contributed by atoms with van der Waals surface area (Å²) in [4.78, 5) is 27.8. The van der Waals surface area contributed by atoms with Crippen LogP contribution in [0.25, 0.3) is 5.76 Å². The smallest absolute Gasteiger partial charge is 0.300 e. The number of ether oxygens (including phenoxy) is 2. The van der Waals surface area contributed by atoms with Gasteiger partial charge in [-0.05, 0) is 55.0 Å². The number of hydrogen-bond donors (Lipinski definition) is 1. The van der Waals surface area contributed by atoms with Gasteiger partial charge in [-0.25, -0.2) is 0 Å². The molecule has 4 rings (SSSR count). The second kappa shape index (κ2) is 9.00. The number of methoxy groups -OCH3 is 2. The minimum atomic E-state index is -0.833. The van der Waals surface area contributed by atoms with Gasteiger partial charge in [0.25, 0.3) is 11.7 Å². The molecule has 1 atom stereocenters. The van der Waals surface area contributed by atoms with Crippen molar-refractivity contribution in [3.05, 3.63) is 94.0 Å². The van der Waals surface area contributed by atoms with Gasteiger partial charge in [0.15, 0.2) is 0 Å². The molecule has 1 heterocycles. The van der Waals surface area contributed by atoms with Crippen LogP contribution in [0.5, 0.6) is 11.5 Å². The van der Waals surface area contributed by atoms with Crippen LogP contribution >= 0.6 is 11.6 Å². The molecule has 1 amide bonds. The zero-order valence-corrected chi connectivity index (χ0v) is 19.1. The molecule has 7 heteroatoms. The van der Waals surface area contributed by atoms with E-state index in [1.54, 1.807) is 55.6 Å². The zero-order valence-electron chi connectivity index (χ0n) is 18.3. The highest BCUT2D eigenvalue weighted by Crippen LogP contribution is 2.43. The molecule has 0 bridgehead atoms. The number of carbonyl (C=O) groups excluding carboxylic acids is 2. The van der Waals surface area contributed by atoms with E-state index >= 15 is 0 Å². The summed E-state index contributed by atoms with van der Waals surface area (Å²) in [6.45, 7) is 1.94. The number of nitrogens with zero attached hydrogens (tertiary/aromatic N) is 1. The summed E-state index contributed by atoms with van der Waals surface area (Å²) < 4.78 is 10.5. The highest BCUT2D eigenvalue weighted by Gasteiger charge is 2.47. The van der Waals surface area contributed by atoms with Crippen molar-refractivity contribution in [1.82, 2.24) is 0 Å². The summed E-state index contributed by atoms with van der Waals surface area (Å²) in [7, 11) is 3.01. The van der Waals surface area contributed by atoms with Crippen molar-refractivity contribution in [1.29, 1.82) is 0 Å². The first-order valence-corrected chi connectivity index (χ1v) is 10.6. The van der Waals surface area contributed by atoms with Crippen molar-refractivity contribution in [2.75, 3.05) is 19.1 Å². The van der Waals surface area contributed by atoms with Crippen molar-refractivity contribution >= 4 is 34.7 Å². The van der Waals surface area contributed by atoms with Gasteiger partial charge in [-0.2, -0.15) is 0 Å². The highest BCUT2D eigenvalue weighted by atomic mass is 35.5. The maximum absolute atomic E-state index is 13.2. The van der Waals surface area contributed by atoms with Crippen LogP contribution in [-0.2, 0) is 9.59 Å². The van der Waals surface area contributed by atoms with Gasteiger partial charge in [0, 0.05) is 11.3 Å². The van der Waals surface area contributed by atoms with Gasteiger partial charge in [0.05, 0.1) is 30.9 Å². The Kier molecular flexibility index (Phi) is 6.11. The normalized spacial score (nSPS) is 17.3. The van der Waals surface area contributed by atoms with Crippen LogP contribution in [0.3, 0.4) is 0 Å². The minimum absolute atomic E-state index is 0.0184. The highest BCUT2D eigenvalue weighted by molar-refractivity contribution is 6.51. The molecule has 1 aliphatic heterocycles. The molecule has 1 N–H and O–H groups in total. The number of carbonyl (C=O) groups is 2. The number of benzene rings is 3. The fourth-order valence-corrected chi connectivity index (χ4v) is 4.06. The van der Waals surface area contributed by atoms with E-state index in [2.05, 4.69) is 0 Å². The van der Waals surface area contributed by atoms with Crippen LogP contribution in [0.15, 0.2) is 72.3 Å². The van der Waals surface area contributed by atoms with Crippen molar-refractivity contribution in [2.24, 2.45) is 0 Å². The first kappa shape index (κ1) is 22.4. The predicted octanol–water partition coefficient (Wildman–Crippen LogP) is 5.29. The third-order valence-electron chi connectivity index (χ3n) is 5.61. The largest absolute Gasteiger partial charge is 0.507 e. The Morgan fingerprint density at radius 3 is 2.21 bits per heavy atom. The van der Waals surface area contributed by atoms with Crippen molar-refractivity contribution in [3.8, 4) is 11.5 Å². The average molecular weight is 464 g/mol. The number of anilines is 1. The number of aliphatic hydroxyl groups excluding tert-OH is 1. The number of ketones is 1. The molecule has 0 aliphatic carbocycles. The Labute approximate surface area is 196 Å². The van der Waals surface area contributed by atoms with Gasteiger partial charge in [0.2, 0.25) is 0 Å². The van der Waals surface area contributed by atoms with Crippen molar-refractivity contribution < 1.29 is 24.2 Å². The van der Waals surface area contributed by atoms with E-state index in [9.17, 15) is 14.7 Å². The number of halogens is 1. The summed E-state index contributed by atoms with van der Waals surface area (Å²) in [6.07, 6.45) is 0. The fourth-order valence-electron chi connectivity index (χ4n) is 3.87. The number of aryl methyl sites for hydroxylation is 1. The standard InChI is InChI=1S/C26H22ClNO5/c1-15-4-9-18(10-5-15)28-23(16-6-11-19(32-2)12-7-16)22(25(30)26(28)31)24(29)17-8-13-20(27)21(14-17)33-3/h4-14,23,29H,1-3H3/b24-22-. The monoisotopic (exact) mass is 463 g/mol. The lowest BCUT2D eigenvalue weighted by atomic mass is 9.95. The molecule has 0 radical (unpaired) electrons. The molecule has 168 valence electrons. The lowest BCUT2D eigenvalue weighted by Crippen LogP contribution is -2.29. The lowest BCUT2D eigenvalue weighted by molar-refractivity contribution is -0.132. The number of Topliss-reactive ketones (excluding diaryl/α,β-unsaturated/α-hetero) is 1. The van der Waals surface area contributed by atoms with E-state index in [1.807, 2.05) is 19.1 Å². The summed E-state index contributed by atoms with van der Waals surface area (Å²) in [5.41, 5.74) is 2.52. The molecule has 0 spiro atoms. The van der Waals surface area contributed by atoms with Crippen molar-refractivity contribution in [2.45, 2.75) is 13.0 Å². The van der Waals surface area contributed by atoms with E-state index in [1.165, 1.54) is 18.1 Å². The zero-order chi connectivity index (χ0) is 23.7. The molecular weight excluding hydrogens is 442 g/mol. The summed E-state index contributed by atoms with van der Waals surface area (Å²) in [5.74, 6) is -0.827. The molecule has 3 aromatic carbocycles. The molecule has 1 unspecified atom stereocenters. The fraction of sp³-hybridized carbons (Fsp3) is 0.154. The Morgan fingerprint density at radius 1 is 0.939 bits per heavy atom. The minimum Gasteiger partial charge on any atom is -0.507 e. The van der Waals surface area contributed by atoms with Crippen LogP contribution in [0.2, 0.25) is 5.02 Å². The van der Waals surface area contributed by atoms with E-state index in [0.29, 0.717) is 33.3 Å². The topological polar surface area (TPSA) is 76.1 Å². The molecule has 0 saturated carbocycles. The predicted molar refractivity (Wildman–Crippen MR) is 127 cm³/mol. The molecule has 0 aromatic heterocycles. The van der Waals surface area contributed by atoms with E-state index in [0.717, 1.165) is 5.56 Å². The first-order valence-electron chi connectivity index (χ1n) is 10.2. The summed E-state index contributed by atoms with van der Waals surface area (Å²) in [5, 5.41) is 11.6. The molecule has 1 fully saturated rings. The number of hydrogen-bond acceptors (Lipinski definition) is 5. The molecule has 6 nitrogen and oxygen atoms in total. The van der Waals surface area contributed by atoms with Crippen LogP contribution in [0, 0.1) is 6.92 Å². The second-order valence-corrected chi connectivity index (χ2v) is 8.03. The van der Waals surface area contributed by atoms with Gasteiger partial charge in [0.1, 0.15) is 17.3 Å². The van der Waals surface area contributed by atoms with E-state index < -0.39 is 17.7 Å². The van der Waals surface area contributed by atoms with Crippen LogP contribution < -0.4 is 14.4 Å². The third kappa shape index (κ3) is 4.05. The number of aliphatic hydroxyl groups is 1. The van der Waals surface area contributed by atoms with Gasteiger partial charge in [-0.3, -0.25) is 14.5 Å². The Hall–Kier alpha value is -3.77. The number of rotatable bonds is 5. The SMILES string of the molecule is COc1ccc(C2/C(=C(/O)c3ccc(Cl)c(OC)c3)C(=O)C(=O)N2c2ccc(C)cc2)cc1. The molecule has 1 saturated heterocycles. The van der Waals surface area contributed by atoms with Gasteiger partial charge >= 0.3 is 0 Å². The van der Waals surface area contributed by atoms with Crippen LogP contribution in [-0.4, -0.2) is 31.0 Å². The maximum Gasteiger partial charge on any atom is 0.300 e. The summed E-state index contributed by atoms with van der Waals surface area (Å²) >= 11 is 6.12. The van der Waals surface area contributed by atoms with Gasteiger partial charge in [-0.1, -0.05) is 41.4 Å². The molecule has 1 aliphatic rings. The maximum atomic E-state index is 13.2. The summed E-state index contributed by atoms with van der Waals surface area (Å²) in [6, 6.07) is 18.2. The molecule has 33 heavy (non-hydrogen) atoms. The first-order chi connectivity index (χ1) is 15.8. The number of amides is 1. The quantitative estimate of drug-likeness (QED) is 0.316. The molecular formula is C26H22ClNO5. The lowest BCUT2D eigenvalue weighted by Gasteiger charge is -2.25. The Morgan fingerprint density at radius 2 is 1.61 bits per heavy atom. The molecule has 3 aromatic rings. The Balaban J connectivity index is 1.93. The van der Waals surface area contributed by atoms with Gasteiger partial charge in [-0.15, -0.1) is 0 Å².